The van der Waals surface area contributed by atoms with Crippen molar-refractivity contribution in [2.24, 2.45) is 5.73 Å². The van der Waals surface area contributed by atoms with Gasteiger partial charge >= 0.3 is 0 Å². The van der Waals surface area contributed by atoms with Gasteiger partial charge in [0.1, 0.15) is 5.75 Å². The van der Waals surface area contributed by atoms with Gasteiger partial charge in [0.2, 0.25) is 0 Å². The van der Waals surface area contributed by atoms with E-state index in [2.05, 4.69) is 17.1 Å². The second-order valence-electron chi connectivity index (χ2n) is 4.51. The van der Waals surface area contributed by atoms with Crippen LogP contribution < -0.4 is 10.5 Å². The Morgan fingerprint density at radius 3 is 2.42 bits per heavy atom. The molecule has 100 valence electrons. The van der Waals surface area contributed by atoms with Gasteiger partial charge in [0.05, 0.1) is 18.5 Å². The van der Waals surface area contributed by atoms with Crippen molar-refractivity contribution in [1.82, 2.24) is 10.2 Å². The number of nitrogens with zero attached hydrogens (tertiary/aromatic N) is 2. The summed E-state index contributed by atoms with van der Waals surface area (Å²) in [5, 5.41) is 8.48. The summed E-state index contributed by atoms with van der Waals surface area (Å²) in [5.41, 5.74) is 10.7. The highest BCUT2D eigenvalue weighted by Gasteiger charge is 2.09. The molecule has 0 unspecified atom stereocenters. The van der Waals surface area contributed by atoms with Crippen molar-refractivity contribution in [1.29, 1.82) is 0 Å². The Bertz CT molecular complexity index is 564. The largest absolute Gasteiger partial charge is 0.496 e. The summed E-state index contributed by atoms with van der Waals surface area (Å²) < 4.78 is 5.32. The van der Waals surface area contributed by atoms with E-state index in [0.29, 0.717) is 6.54 Å². The van der Waals surface area contributed by atoms with Gasteiger partial charge in [0, 0.05) is 12.0 Å². The summed E-state index contributed by atoms with van der Waals surface area (Å²) >= 11 is 0. The van der Waals surface area contributed by atoms with Crippen LogP contribution in [0.1, 0.15) is 16.8 Å². The van der Waals surface area contributed by atoms with E-state index < -0.39 is 0 Å². The zero-order valence-electron chi connectivity index (χ0n) is 11.6. The van der Waals surface area contributed by atoms with Gasteiger partial charge in [-0.15, -0.1) is 0 Å². The number of rotatable bonds is 4. The molecular weight excluding hydrogens is 238 g/mol. The van der Waals surface area contributed by atoms with E-state index >= 15 is 0 Å². The number of nitrogens with two attached hydrogens (primary N) is 1. The van der Waals surface area contributed by atoms with Gasteiger partial charge in [-0.1, -0.05) is 0 Å². The van der Waals surface area contributed by atoms with E-state index in [4.69, 9.17) is 10.5 Å². The molecule has 0 saturated carbocycles. The molecule has 0 spiro atoms. The molecule has 0 atom stereocenters. The third-order valence-corrected chi connectivity index (χ3v) is 3.35. The Morgan fingerprint density at radius 2 is 1.84 bits per heavy atom. The minimum atomic E-state index is 0.592. The molecule has 0 saturated heterocycles. The smallest absolute Gasteiger partial charge is 0.122 e. The summed E-state index contributed by atoms with van der Waals surface area (Å²) in [6, 6.07) is 7.96. The van der Waals surface area contributed by atoms with Gasteiger partial charge in [-0.25, -0.2) is 0 Å². The summed E-state index contributed by atoms with van der Waals surface area (Å²) in [4.78, 5) is 0. The van der Waals surface area contributed by atoms with Crippen molar-refractivity contribution in [2.45, 2.75) is 20.3 Å². The van der Waals surface area contributed by atoms with Crippen molar-refractivity contribution >= 4 is 0 Å². The average molecular weight is 257 g/mol. The van der Waals surface area contributed by atoms with E-state index in [1.54, 1.807) is 7.11 Å². The van der Waals surface area contributed by atoms with Crippen LogP contribution in [0, 0.1) is 13.8 Å². The SMILES string of the molecule is COc1ccc(-c2ccc(CCN)nn2)c(C)c1C. The molecule has 2 N–H and O–H groups in total. The van der Waals surface area contributed by atoms with Crippen LogP contribution in [0.3, 0.4) is 0 Å². The molecule has 1 aromatic carbocycles. The molecule has 1 aromatic heterocycles. The lowest BCUT2D eigenvalue weighted by Crippen LogP contribution is -2.05. The minimum Gasteiger partial charge on any atom is -0.496 e. The van der Waals surface area contributed by atoms with E-state index in [-0.39, 0.29) is 0 Å². The Balaban J connectivity index is 2.39. The van der Waals surface area contributed by atoms with Crippen LogP contribution in [-0.4, -0.2) is 23.9 Å². The fraction of sp³-hybridized carbons (Fsp3) is 0.333. The molecule has 0 aliphatic heterocycles. The fourth-order valence-corrected chi connectivity index (χ4v) is 2.08. The Labute approximate surface area is 113 Å². The van der Waals surface area contributed by atoms with Gasteiger partial charge in [0.25, 0.3) is 0 Å². The van der Waals surface area contributed by atoms with Crippen LogP contribution in [-0.2, 0) is 6.42 Å². The topological polar surface area (TPSA) is 61.0 Å². The third-order valence-electron chi connectivity index (χ3n) is 3.35. The van der Waals surface area contributed by atoms with Crippen molar-refractivity contribution < 1.29 is 4.74 Å². The molecule has 4 nitrogen and oxygen atoms in total. The molecule has 0 aliphatic carbocycles. The number of hydrogen-bond acceptors (Lipinski definition) is 4. The maximum Gasteiger partial charge on any atom is 0.122 e. The number of aromatic nitrogens is 2. The highest BCUT2D eigenvalue weighted by atomic mass is 16.5. The number of benzene rings is 1. The lowest BCUT2D eigenvalue weighted by Gasteiger charge is -2.12. The second kappa shape index (κ2) is 5.80. The quantitative estimate of drug-likeness (QED) is 0.912. The van der Waals surface area contributed by atoms with Crippen LogP contribution >= 0.6 is 0 Å². The molecule has 19 heavy (non-hydrogen) atoms. The second-order valence-corrected chi connectivity index (χ2v) is 4.51. The lowest BCUT2D eigenvalue weighted by molar-refractivity contribution is 0.411. The minimum absolute atomic E-state index is 0.592. The molecule has 1 heterocycles. The Kier molecular flexibility index (Phi) is 4.12. The van der Waals surface area contributed by atoms with Crippen molar-refractivity contribution in [3.05, 3.63) is 41.1 Å². The monoisotopic (exact) mass is 257 g/mol. The Hall–Kier alpha value is -1.94. The first-order valence-corrected chi connectivity index (χ1v) is 6.34. The van der Waals surface area contributed by atoms with Crippen LogP contribution in [0.25, 0.3) is 11.3 Å². The van der Waals surface area contributed by atoms with Gasteiger partial charge < -0.3 is 10.5 Å². The van der Waals surface area contributed by atoms with Crippen molar-refractivity contribution in [3.8, 4) is 17.0 Å². The highest BCUT2D eigenvalue weighted by molar-refractivity contribution is 5.66. The lowest BCUT2D eigenvalue weighted by atomic mass is 10.00. The van der Waals surface area contributed by atoms with Gasteiger partial charge in [-0.3, -0.25) is 0 Å². The Morgan fingerprint density at radius 1 is 1.05 bits per heavy atom. The zero-order chi connectivity index (χ0) is 13.8. The van der Waals surface area contributed by atoms with Gasteiger partial charge in [-0.2, -0.15) is 10.2 Å². The first-order valence-electron chi connectivity index (χ1n) is 6.34. The molecule has 2 aromatic rings. The maximum atomic E-state index is 5.50. The molecule has 0 fully saturated rings. The molecule has 4 heteroatoms. The first kappa shape index (κ1) is 13.5. The maximum absolute atomic E-state index is 5.50. The van der Waals surface area contributed by atoms with Crippen molar-refractivity contribution in [3.63, 3.8) is 0 Å². The number of methoxy groups -OCH3 is 1. The normalized spacial score (nSPS) is 10.5. The molecule has 0 aliphatic rings. The summed E-state index contributed by atoms with van der Waals surface area (Å²) in [7, 11) is 1.68. The van der Waals surface area contributed by atoms with Gasteiger partial charge in [-0.05, 0) is 55.8 Å². The molecule has 0 amide bonds. The predicted molar refractivity (Wildman–Crippen MR) is 76.3 cm³/mol. The van der Waals surface area contributed by atoms with E-state index in [1.807, 2.05) is 31.2 Å². The predicted octanol–water partition coefficient (Wildman–Crippen LogP) is 2.27. The van der Waals surface area contributed by atoms with Crippen LogP contribution in [0.15, 0.2) is 24.3 Å². The van der Waals surface area contributed by atoms with Gasteiger partial charge in [0.15, 0.2) is 0 Å². The zero-order valence-corrected chi connectivity index (χ0v) is 11.6. The van der Waals surface area contributed by atoms with Crippen molar-refractivity contribution in [2.75, 3.05) is 13.7 Å². The van der Waals surface area contributed by atoms with E-state index in [0.717, 1.165) is 34.7 Å². The summed E-state index contributed by atoms with van der Waals surface area (Å²) in [6.07, 6.45) is 0.758. The molecule has 0 bridgehead atoms. The van der Waals surface area contributed by atoms with Crippen LogP contribution in [0.4, 0.5) is 0 Å². The highest BCUT2D eigenvalue weighted by Crippen LogP contribution is 2.29. The summed E-state index contributed by atoms with van der Waals surface area (Å²) in [6.45, 7) is 4.71. The molecule has 0 radical (unpaired) electrons. The summed E-state index contributed by atoms with van der Waals surface area (Å²) in [5.74, 6) is 0.897. The fourth-order valence-electron chi connectivity index (χ4n) is 2.08. The van der Waals surface area contributed by atoms with Crippen LogP contribution in [0.2, 0.25) is 0 Å². The third kappa shape index (κ3) is 2.74. The number of hydrogen-bond donors (Lipinski definition) is 1. The average Bonchev–Trinajstić information content (AvgIpc) is 2.43. The standard InChI is InChI=1S/C15H19N3O/c1-10-11(2)15(19-3)7-5-13(10)14-6-4-12(8-9-16)17-18-14/h4-7H,8-9,16H2,1-3H3. The van der Waals surface area contributed by atoms with Crippen LogP contribution in [0.5, 0.6) is 5.75 Å². The molecular formula is C15H19N3O. The molecule has 2 rings (SSSR count). The van der Waals surface area contributed by atoms with E-state index in [1.165, 1.54) is 5.56 Å². The van der Waals surface area contributed by atoms with E-state index in [9.17, 15) is 0 Å². The first-order chi connectivity index (χ1) is 9.17. The number of ether oxygens (including phenoxy) is 1.